The molecule has 0 spiro atoms. The van der Waals surface area contributed by atoms with Gasteiger partial charge in [0.05, 0.1) is 5.75 Å². The highest BCUT2D eigenvalue weighted by atomic mass is 32.2. The number of carbonyl (C=O) groups is 1. The van der Waals surface area contributed by atoms with Crippen molar-refractivity contribution in [3.63, 3.8) is 0 Å². The van der Waals surface area contributed by atoms with Crippen LogP contribution in [0, 0.1) is 11.8 Å². The molecule has 1 aromatic rings. The van der Waals surface area contributed by atoms with Crippen LogP contribution in [-0.4, -0.2) is 17.7 Å². The maximum absolute atomic E-state index is 11.0. The second-order valence-corrected chi connectivity index (χ2v) is 6.82. The molecule has 1 aromatic carbocycles. The minimum atomic E-state index is -0.274. The van der Waals surface area contributed by atoms with Crippen LogP contribution in [0.2, 0.25) is 0 Å². The highest BCUT2D eigenvalue weighted by molar-refractivity contribution is 8.00. The van der Waals surface area contributed by atoms with Gasteiger partial charge in [0.15, 0.2) is 0 Å². The number of para-hydroxylation sites is 1. The Morgan fingerprint density at radius 3 is 2.60 bits per heavy atom. The first-order valence-corrected chi connectivity index (χ1v) is 8.33. The number of nitrogens with two attached hydrogens (primary N) is 1. The lowest BCUT2D eigenvalue weighted by Gasteiger charge is -2.36. The third kappa shape index (κ3) is 3.92. The van der Waals surface area contributed by atoms with Crippen LogP contribution in [-0.2, 0) is 4.79 Å². The first-order chi connectivity index (χ1) is 9.58. The molecule has 0 bridgehead atoms. The van der Waals surface area contributed by atoms with Gasteiger partial charge in [0.1, 0.15) is 0 Å². The molecule has 1 saturated carbocycles. The summed E-state index contributed by atoms with van der Waals surface area (Å²) in [4.78, 5) is 12.1. The molecule has 1 fully saturated rings. The molecular formula is C16H24N2OS. The van der Waals surface area contributed by atoms with Crippen LogP contribution in [0.5, 0.6) is 0 Å². The number of amides is 1. The topological polar surface area (TPSA) is 55.1 Å². The van der Waals surface area contributed by atoms with E-state index in [0.717, 1.165) is 10.6 Å². The van der Waals surface area contributed by atoms with E-state index in [4.69, 9.17) is 5.73 Å². The summed E-state index contributed by atoms with van der Waals surface area (Å²) in [5.41, 5.74) is 6.37. The second-order valence-electron chi connectivity index (χ2n) is 5.81. The number of nitrogens with one attached hydrogen (secondary N) is 1. The smallest absolute Gasteiger partial charge is 0.227 e. The molecule has 3 N–H and O–H groups in total. The van der Waals surface area contributed by atoms with Gasteiger partial charge in [-0.1, -0.05) is 32.4 Å². The van der Waals surface area contributed by atoms with Crippen LogP contribution < -0.4 is 11.1 Å². The largest absolute Gasteiger partial charge is 0.381 e. The van der Waals surface area contributed by atoms with Crippen LogP contribution in [0.15, 0.2) is 29.2 Å². The first kappa shape index (κ1) is 15.2. The molecule has 1 amide bonds. The summed E-state index contributed by atoms with van der Waals surface area (Å²) in [6, 6.07) is 8.70. The molecule has 20 heavy (non-hydrogen) atoms. The van der Waals surface area contributed by atoms with Crippen LogP contribution in [0.1, 0.15) is 33.1 Å². The first-order valence-electron chi connectivity index (χ1n) is 7.34. The molecule has 0 aromatic heterocycles. The van der Waals surface area contributed by atoms with E-state index < -0.39 is 0 Å². The number of hydrogen-bond donors (Lipinski definition) is 2. The Morgan fingerprint density at radius 2 is 1.95 bits per heavy atom. The Kier molecular flexibility index (Phi) is 5.35. The van der Waals surface area contributed by atoms with Gasteiger partial charge < -0.3 is 11.1 Å². The summed E-state index contributed by atoms with van der Waals surface area (Å²) in [5, 5.41) is 3.70. The van der Waals surface area contributed by atoms with Gasteiger partial charge in [-0.2, -0.15) is 0 Å². The Labute approximate surface area is 125 Å². The highest BCUT2D eigenvalue weighted by Crippen LogP contribution is 2.34. The number of carbonyl (C=O) groups excluding carboxylic acids is 1. The zero-order valence-electron chi connectivity index (χ0n) is 12.3. The van der Waals surface area contributed by atoms with Gasteiger partial charge in [0, 0.05) is 16.6 Å². The Hall–Kier alpha value is -1.16. The average Bonchev–Trinajstić information content (AvgIpc) is 2.42. The maximum Gasteiger partial charge on any atom is 0.227 e. The van der Waals surface area contributed by atoms with E-state index in [1.54, 1.807) is 0 Å². The molecule has 1 aliphatic rings. The molecule has 0 saturated heterocycles. The summed E-state index contributed by atoms with van der Waals surface area (Å²) in [7, 11) is 0. The lowest BCUT2D eigenvalue weighted by Crippen LogP contribution is -2.37. The van der Waals surface area contributed by atoms with E-state index in [1.165, 1.54) is 31.0 Å². The third-order valence-electron chi connectivity index (χ3n) is 4.12. The number of thioether (sulfide) groups is 1. The fourth-order valence-corrected chi connectivity index (χ4v) is 3.76. The van der Waals surface area contributed by atoms with Crippen molar-refractivity contribution >= 4 is 23.4 Å². The number of primary amides is 1. The quantitative estimate of drug-likeness (QED) is 0.817. The second kappa shape index (κ2) is 7.02. The SMILES string of the molecule is CC1CCCC(C)C1Nc1ccccc1SCC(N)=O. The van der Waals surface area contributed by atoms with E-state index in [1.807, 2.05) is 18.2 Å². The molecule has 0 heterocycles. The zero-order chi connectivity index (χ0) is 14.5. The van der Waals surface area contributed by atoms with Crippen molar-refractivity contribution in [1.82, 2.24) is 0 Å². The molecule has 0 radical (unpaired) electrons. The molecule has 2 rings (SSSR count). The van der Waals surface area contributed by atoms with Gasteiger partial charge in [-0.15, -0.1) is 11.8 Å². The van der Waals surface area contributed by atoms with Crippen molar-refractivity contribution in [2.45, 2.75) is 44.0 Å². The molecule has 3 nitrogen and oxygen atoms in total. The normalized spacial score (nSPS) is 26.2. The predicted octanol–water partition coefficient (Wildman–Crippen LogP) is 3.50. The van der Waals surface area contributed by atoms with Gasteiger partial charge >= 0.3 is 0 Å². The summed E-state index contributed by atoms with van der Waals surface area (Å²) in [5.74, 6) is 1.43. The molecule has 1 aliphatic carbocycles. The Morgan fingerprint density at radius 1 is 1.30 bits per heavy atom. The van der Waals surface area contributed by atoms with Gasteiger partial charge in [-0.3, -0.25) is 4.79 Å². The molecule has 0 aliphatic heterocycles. The monoisotopic (exact) mass is 292 g/mol. The standard InChI is InChI=1S/C16H24N2OS/c1-11-6-5-7-12(2)16(11)18-13-8-3-4-9-14(13)20-10-15(17)19/h3-4,8-9,11-12,16,18H,5-7,10H2,1-2H3,(H2,17,19). The van der Waals surface area contributed by atoms with Crippen molar-refractivity contribution in [1.29, 1.82) is 0 Å². The van der Waals surface area contributed by atoms with E-state index in [-0.39, 0.29) is 5.91 Å². The molecule has 2 unspecified atom stereocenters. The summed E-state index contributed by atoms with van der Waals surface area (Å²) >= 11 is 1.51. The maximum atomic E-state index is 11.0. The zero-order valence-corrected chi connectivity index (χ0v) is 13.1. The number of benzene rings is 1. The van der Waals surface area contributed by atoms with Crippen molar-refractivity contribution in [2.75, 3.05) is 11.1 Å². The van der Waals surface area contributed by atoms with E-state index in [0.29, 0.717) is 23.6 Å². The molecule has 2 atom stereocenters. The lowest BCUT2D eigenvalue weighted by molar-refractivity contribution is -0.115. The van der Waals surface area contributed by atoms with Crippen molar-refractivity contribution in [2.24, 2.45) is 17.6 Å². The lowest BCUT2D eigenvalue weighted by atomic mass is 9.78. The summed E-state index contributed by atoms with van der Waals surface area (Å²) in [6.07, 6.45) is 3.91. The Bertz CT molecular complexity index is 454. The molecule has 110 valence electrons. The van der Waals surface area contributed by atoms with Gasteiger partial charge in [-0.05, 0) is 36.8 Å². The van der Waals surface area contributed by atoms with Crippen molar-refractivity contribution in [3.8, 4) is 0 Å². The fraction of sp³-hybridized carbons (Fsp3) is 0.562. The van der Waals surface area contributed by atoms with Crippen LogP contribution >= 0.6 is 11.8 Å². The fourth-order valence-electron chi connectivity index (χ4n) is 3.01. The molecular weight excluding hydrogens is 268 g/mol. The number of hydrogen-bond acceptors (Lipinski definition) is 3. The van der Waals surface area contributed by atoms with E-state index in [9.17, 15) is 4.79 Å². The summed E-state index contributed by atoms with van der Waals surface area (Å²) in [6.45, 7) is 4.65. The minimum absolute atomic E-state index is 0.274. The number of anilines is 1. The predicted molar refractivity (Wildman–Crippen MR) is 86.0 cm³/mol. The number of rotatable bonds is 5. The average molecular weight is 292 g/mol. The Balaban J connectivity index is 2.09. The van der Waals surface area contributed by atoms with E-state index >= 15 is 0 Å². The summed E-state index contributed by atoms with van der Waals surface area (Å²) < 4.78 is 0. The van der Waals surface area contributed by atoms with Crippen LogP contribution in [0.3, 0.4) is 0 Å². The van der Waals surface area contributed by atoms with Crippen LogP contribution in [0.4, 0.5) is 5.69 Å². The van der Waals surface area contributed by atoms with E-state index in [2.05, 4.69) is 25.2 Å². The van der Waals surface area contributed by atoms with Crippen molar-refractivity contribution in [3.05, 3.63) is 24.3 Å². The minimum Gasteiger partial charge on any atom is -0.381 e. The van der Waals surface area contributed by atoms with Crippen molar-refractivity contribution < 1.29 is 4.79 Å². The van der Waals surface area contributed by atoms with Crippen LogP contribution in [0.25, 0.3) is 0 Å². The van der Waals surface area contributed by atoms with Gasteiger partial charge in [0.2, 0.25) is 5.91 Å². The van der Waals surface area contributed by atoms with Gasteiger partial charge in [0.25, 0.3) is 0 Å². The highest BCUT2D eigenvalue weighted by Gasteiger charge is 2.27. The van der Waals surface area contributed by atoms with Gasteiger partial charge in [-0.25, -0.2) is 0 Å². The molecule has 4 heteroatoms. The third-order valence-corrected chi connectivity index (χ3v) is 5.22.